The third kappa shape index (κ3) is 4.87. The van der Waals surface area contributed by atoms with Crippen LogP contribution in [0.15, 0.2) is 28.7 Å². The number of rotatable bonds is 2. The van der Waals surface area contributed by atoms with Gasteiger partial charge in [-0.25, -0.2) is 9.78 Å². The molecule has 0 radical (unpaired) electrons. The van der Waals surface area contributed by atoms with Gasteiger partial charge in [-0.15, -0.1) is 0 Å². The van der Waals surface area contributed by atoms with Crippen molar-refractivity contribution in [3.8, 4) is 0 Å². The molecule has 0 saturated carbocycles. The molecule has 140 valence electrons. The first-order chi connectivity index (χ1) is 12.2. The van der Waals surface area contributed by atoms with Gasteiger partial charge in [-0.3, -0.25) is 4.90 Å². The van der Waals surface area contributed by atoms with Crippen LogP contribution in [0.25, 0.3) is 10.9 Å². The van der Waals surface area contributed by atoms with E-state index in [9.17, 15) is 4.79 Å². The van der Waals surface area contributed by atoms with Crippen molar-refractivity contribution >= 4 is 44.5 Å². The predicted molar refractivity (Wildman–Crippen MR) is 108 cm³/mol. The van der Waals surface area contributed by atoms with Crippen LogP contribution in [0, 0.1) is 0 Å². The van der Waals surface area contributed by atoms with E-state index in [4.69, 9.17) is 16.3 Å². The third-order valence-corrected chi connectivity index (χ3v) is 4.93. The maximum atomic E-state index is 12.2. The Kier molecular flexibility index (Phi) is 5.75. The van der Waals surface area contributed by atoms with Crippen molar-refractivity contribution in [2.24, 2.45) is 0 Å². The highest BCUT2D eigenvalue weighted by atomic mass is 79.9. The molecule has 1 aromatic carbocycles. The fourth-order valence-corrected chi connectivity index (χ4v) is 3.60. The zero-order valence-corrected chi connectivity index (χ0v) is 17.6. The molecule has 0 spiro atoms. The molecule has 1 saturated heterocycles. The Hall–Kier alpha value is -1.37. The molecule has 2 aromatic rings. The molecule has 0 bridgehead atoms. The van der Waals surface area contributed by atoms with E-state index in [0.717, 1.165) is 40.6 Å². The molecule has 1 aromatic heterocycles. The Bertz CT molecular complexity index is 809. The highest BCUT2D eigenvalue weighted by Crippen LogP contribution is 2.25. The van der Waals surface area contributed by atoms with Gasteiger partial charge in [0.1, 0.15) is 10.8 Å². The van der Waals surface area contributed by atoms with Crippen LogP contribution in [0.5, 0.6) is 0 Å². The summed E-state index contributed by atoms with van der Waals surface area (Å²) < 4.78 is 6.44. The van der Waals surface area contributed by atoms with Crippen molar-refractivity contribution in [3.05, 3.63) is 39.5 Å². The van der Waals surface area contributed by atoms with Gasteiger partial charge in [0.25, 0.3) is 0 Å². The van der Waals surface area contributed by atoms with Crippen molar-refractivity contribution in [1.82, 2.24) is 14.8 Å². The quantitative estimate of drug-likeness (QED) is 0.635. The molecule has 5 nitrogen and oxygen atoms in total. The lowest BCUT2D eigenvalue weighted by Crippen LogP contribution is -2.49. The lowest BCUT2D eigenvalue weighted by atomic mass is 10.1. The van der Waals surface area contributed by atoms with E-state index in [0.29, 0.717) is 18.2 Å². The van der Waals surface area contributed by atoms with E-state index < -0.39 is 5.60 Å². The molecule has 7 heteroatoms. The number of carbonyl (C=O) groups excluding carboxylic acids is 1. The number of amides is 1. The van der Waals surface area contributed by atoms with Gasteiger partial charge in [0, 0.05) is 42.6 Å². The summed E-state index contributed by atoms with van der Waals surface area (Å²) in [5.41, 5.74) is 1.57. The fourth-order valence-electron chi connectivity index (χ4n) is 3.02. The average Bonchev–Trinajstić information content (AvgIpc) is 2.53. The van der Waals surface area contributed by atoms with Gasteiger partial charge >= 0.3 is 6.09 Å². The highest BCUT2D eigenvalue weighted by Gasteiger charge is 2.26. The summed E-state index contributed by atoms with van der Waals surface area (Å²) in [7, 11) is 0. The van der Waals surface area contributed by atoms with Crippen molar-refractivity contribution in [3.63, 3.8) is 0 Å². The topological polar surface area (TPSA) is 45.7 Å². The van der Waals surface area contributed by atoms with Crippen molar-refractivity contribution in [2.75, 3.05) is 26.2 Å². The van der Waals surface area contributed by atoms with E-state index in [1.165, 1.54) is 0 Å². The Balaban J connectivity index is 1.67. The molecule has 1 aliphatic heterocycles. The van der Waals surface area contributed by atoms with Crippen LogP contribution in [0.1, 0.15) is 26.3 Å². The Labute approximate surface area is 167 Å². The molecule has 0 aliphatic carbocycles. The van der Waals surface area contributed by atoms with Crippen LogP contribution in [0.2, 0.25) is 5.15 Å². The number of piperazine rings is 1. The van der Waals surface area contributed by atoms with Crippen molar-refractivity contribution in [1.29, 1.82) is 0 Å². The Morgan fingerprint density at radius 1 is 1.23 bits per heavy atom. The summed E-state index contributed by atoms with van der Waals surface area (Å²) in [4.78, 5) is 20.7. The lowest BCUT2D eigenvalue weighted by molar-refractivity contribution is 0.0139. The van der Waals surface area contributed by atoms with Gasteiger partial charge < -0.3 is 9.64 Å². The lowest BCUT2D eigenvalue weighted by Gasteiger charge is -2.35. The van der Waals surface area contributed by atoms with E-state index >= 15 is 0 Å². The molecule has 0 N–H and O–H groups in total. The van der Waals surface area contributed by atoms with Crippen LogP contribution in [0.4, 0.5) is 4.79 Å². The fraction of sp³-hybridized carbons (Fsp3) is 0.474. The van der Waals surface area contributed by atoms with Crippen LogP contribution in [0.3, 0.4) is 0 Å². The third-order valence-electron chi connectivity index (χ3n) is 4.24. The maximum Gasteiger partial charge on any atom is 0.410 e. The monoisotopic (exact) mass is 439 g/mol. The molecule has 1 aliphatic rings. The first-order valence-electron chi connectivity index (χ1n) is 8.66. The zero-order chi connectivity index (χ0) is 18.9. The molecule has 3 rings (SSSR count). The molecule has 0 unspecified atom stereocenters. The summed E-state index contributed by atoms with van der Waals surface area (Å²) in [6.07, 6.45) is -0.237. The smallest absolute Gasteiger partial charge is 0.410 e. The first kappa shape index (κ1) is 19.4. The minimum atomic E-state index is -0.463. The number of carbonyl (C=O) groups is 1. The normalized spacial score (nSPS) is 16.1. The molecule has 26 heavy (non-hydrogen) atoms. The average molecular weight is 441 g/mol. The summed E-state index contributed by atoms with van der Waals surface area (Å²) in [5, 5.41) is 1.60. The van der Waals surface area contributed by atoms with E-state index in [1.807, 2.05) is 39.0 Å². The molecule has 1 amide bonds. The number of halogens is 2. The van der Waals surface area contributed by atoms with E-state index in [1.54, 1.807) is 4.90 Å². The number of pyridine rings is 1. The largest absolute Gasteiger partial charge is 0.444 e. The number of nitrogens with zero attached hydrogens (tertiary/aromatic N) is 3. The highest BCUT2D eigenvalue weighted by molar-refractivity contribution is 9.10. The predicted octanol–water partition coefficient (Wildman–Crippen LogP) is 4.70. The molecule has 1 fully saturated rings. The molecule has 0 atom stereocenters. The summed E-state index contributed by atoms with van der Waals surface area (Å²) >= 11 is 9.68. The van der Waals surface area contributed by atoms with Gasteiger partial charge in [-0.05, 0) is 44.5 Å². The minimum absolute atomic E-state index is 0.237. The van der Waals surface area contributed by atoms with Gasteiger partial charge in [-0.1, -0.05) is 33.6 Å². The summed E-state index contributed by atoms with van der Waals surface area (Å²) in [5.74, 6) is 0. The number of ether oxygens (including phenoxy) is 1. The van der Waals surface area contributed by atoms with Gasteiger partial charge in [-0.2, -0.15) is 0 Å². The molecule has 2 heterocycles. The number of aromatic nitrogens is 1. The second kappa shape index (κ2) is 7.71. The van der Waals surface area contributed by atoms with Gasteiger partial charge in [0.15, 0.2) is 0 Å². The van der Waals surface area contributed by atoms with Crippen LogP contribution in [-0.2, 0) is 11.3 Å². The van der Waals surface area contributed by atoms with Crippen LogP contribution in [-0.4, -0.2) is 52.7 Å². The first-order valence-corrected chi connectivity index (χ1v) is 9.83. The van der Waals surface area contributed by atoms with Gasteiger partial charge in [0.05, 0.1) is 5.52 Å². The number of benzene rings is 1. The zero-order valence-electron chi connectivity index (χ0n) is 15.3. The summed E-state index contributed by atoms with van der Waals surface area (Å²) in [6.45, 7) is 9.37. The van der Waals surface area contributed by atoms with E-state index in [-0.39, 0.29) is 6.09 Å². The number of hydrogen-bond donors (Lipinski definition) is 0. The van der Waals surface area contributed by atoms with Gasteiger partial charge in [0.2, 0.25) is 0 Å². The second-order valence-corrected chi connectivity index (χ2v) is 8.81. The van der Waals surface area contributed by atoms with Crippen molar-refractivity contribution in [2.45, 2.75) is 32.9 Å². The molecular weight excluding hydrogens is 418 g/mol. The van der Waals surface area contributed by atoms with Crippen LogP contribution >= 0.6 is 27.5 Å². The Morgan fingerprint density at radius 3 is 2.58 bits per heavy atom. The van der Waals surface area contributed by atoms with E-state index in [2.05, 4.69) is 31.9 Å². The maximum absolute atomic E-state index is 12.2. The summed E-state index contributed by atoms with van der Waals surface area (Å²) in [6, 6.07) is 7.99. The minimum Gasteiger partial charge on any atom is -0.444 e. The Morgan fingerprint density at radius 2 is 1.92 bits per heavy atom. The second-order valence-electron chi connectivity index (χ2n) is 7.51. The standard InChI is InChI=1S/C19H23BrClN3O2/c1-19(2,3)26-18(25)24-8-6-23(7-9-24)12-13-10-17(21)22-16-11-14(20)4-5-15(13)16/h4-5,10-11H,6-9,12H2,1-3H3. The van der Waals surface area contributed by atoms with Crippen molar-refractivity contribution < 1.29 is 9.53 Å². The SMILES string of the molecule is CC(C)(C)OC(=O)N1CCN(Cc2cc(Cl)nc3cc(Br)ccc23)CC1. The number of hydrogen-bond acceptors (Lipinski definition) is 4. The van der Waals surface area contributed by atoms with Crippen LogP contribution < -0.4 is 0 Å². The molecular formula is C19H23BrClN3O2. The number of fused-ring (bicyclic) bond motifs is 1.